The summed E-state index contributed by atoms with van der Waals surface area (Å²) in [5, 5.41) is 3.92. The second-order valence-electron chi connectivity index (χ2n) is 8.19. The van der Waals surface area contributed by atoms with Crippen molar-refractivity contribution in [1.29, 1.82) is 0 Å². The van der Waals surface area contributed by atoms with Crippen molar-refractivity contribution >= 4 is 5.69 Å². The van der Waals surface area contributed by atoms with E-state index in [0.29, 0.717) is 6.04 Å². The molecule has 4 rings (SSSR count). The Morgan fingerprint density at radius 1 is 0.923 bits per heavy atom. The number of rotatable bonds is 5. The normalized spacial score (nSPS) is 23.7. The van der Waals surface area contributed by atoms with Crippen LogP contribution in [0.4, 0.5) is 5.69 Å². The topological polar surface area (TPSA) is 15.3 Å². The van der Waals surface area contributed by atoms with Gasteiger partial charge in [0.05, 0.1) is 0 Å². The number of benzene rings is 2. The van der Waals surface area contributed by atoms with E-state index in [0.717, 1.165) is 12.0 Å². The van der Waals surface area contributed by atoms with E-state index < -0.39 is 0 Å². The number of anilines is 1. The third kappa shape index (κ3) is 3.66. The Labute approximate surface area is 158 Å². The Morgan fingerprint density at radius 3 is 2.35 bits per heavy atom. The van der Waals surface area contributed by atoms with E-state index in [1.54, 1.807) is 0 Å². The van der Waals surface area contributed by atoms with E-state index in [4.69, 9.17) is 0 Å². The van der Waals surface area contributed by atoms with Crippen molar-refractivity contribution in [3.05, 3.63) is 54.1 Å². The highest BCUT2D eigenvalue weighted by atomic mass is 15.2. The van der Waals surface area contributed by atoms with Gasteiger partial charge in [-0.2, -0.15) is 0 Å². The fourth-order valence-corrected chi connectivity index (χ4v) is 4.72. The summed E-state index contributed by atoms with van der Waals surface area (Å²) >= 11 is 0. The van der Waals surface area contributed by atoms with E-state index in [9.17, 15) is 0 Å². The van der Waals surface area contributed by atoms with Gasteiger partial charge in [-0.25, -0.2) is 0 Å². The minimum absolute atomic E-state index is 0.715. The van der Waals surface area contributed by atoms with Gasteiger partial charge in [0, 0.05) is 30.9 Å². The number of hydrogen-bond donors (Lipinski definition) is 1. The van der Waals surface area contributed by atoms with Gasteiger partial charge in [-0.3, -0.25) is 0 Å². The first-order chi connectivity index (χ1) is 12.7. The number of nitrogens with one attached hydrogen (secondary N) is 1. The minimum atomic E-state index is 0.715. The molecular weight excluding hydrogens is 316 g/mol. The maximum atomic E-state index is 3.92. The molecule has 1 saturated heterocycles. The monoisotopic (exact) mass is 348 g/mol. The predicted molar refractivity (Wildman–Crippen MR) is 112 cm³/mol. The third-order valence-corrected chi connectivity index (χ3v) is 6.51. The van der Waals surface area contributed by atoms with Gasteiger partial charge in [0.1, 0.15) is 0 Å². The van der Waals surface area contributed by atoms with Gasteiger partial charge < -0.3 is 10.2 Å². The van der Waals surface area contributed by atoms with Crippen molar-refractivity contribution in [2.75, 3.05) is 18.0 Å². The van der Waals surface area contributed by atoms with Crippen molar-refractivity contribution in [2.24, 2.45) is 5.92 Å². The Kier molecular flexibility index (Phi) is 5.31. The fraction of sp³-hybridized carbons (Fsp3) is 0.500. The highest BCUT2D eigenvalue weighted by molar-refractivity contribution is 5.74. The van der Waals surface area contributed by atoms with Crippen molar-refractivity contribution < 1.29 is 0 Å². The molecule has 1 N–H and O–H groups in total. The molecule has 2 fully saturated rings. The van der Waals surface area contributed by atoms with Crippen LogP contribution in [0.2, 0.25) is 0 Å². The second-order valence-corrected chi connectivity index (χ2v) is 8.19. The zero-order chi connectivity index (χ0) is 17.9. The lowest BCUT2D eigenvalue weighted by Crippen LogP contribution is -2.50. The Morgan fingerprint density at radius 2 is 1.65 bits per heavy atom. The van der Waals surface area contributed by atoms with Crippen LogP contribution in [0.15, 0.2) is 48.5 Å². The zero-order valence-electron chi connectivity index (χ0n) is 16.2. The van der Waals surface area contributed by atoms with Crippen LogP contribution in [0.5, 0.6) is 0 Å². The van der Waals surface area contributed by atoms with Crippen LogP contribution in [-0.4, -0.2) is 25.2 Å². The predicted octanol–water partition coefficient (Wildman–Crippen LogP) is 5.41. The Balaban J connectivity index is 1.39. The van der Waals surface area contributed by atoms with Crippen LogP contribution in [0.1, 0.15) is 44.6 Å². The first-order valence-corrected chi connectivity index (χ1v) is 10.4. The van der Waals surface area contributed by atoms with Crippen LogP contribution < -0.4 is 10.2 Å². The molecule has 26 heavy (non-hydrogen) atoms. The second kappa shape index (κ2) is 7.84. The van der Waals surface area contributed by atoms with Gasteiger partial charge in [-0.15, -0.1) is 0 Å². The summed E-state index contributed by atoms with van der Waals surface area (Å²) in [4.78, 5) is 2.59. The lowest BCUT2D eigenvalue weighted by atomic mass is 9.78. The average molecular weight is 349 g/mol. The Bertz CT molecular complexity index is 710. The van der Waals surface area contributed by atoms with Crippen molar-refractivity contribution in [2.45, 2.75) is 58.0 Å². The molecule has 1 saturated carbocycles. The summed E-state index contributed by atoms with van der Waals surface area (Å²) in [6.07, 6.45) is 6.68. The molecule has 0 bridgehead atoms. The van der Waals surface area contributed by atoms with Gasteiger partial charge in [0.15, 0.2) is 0 Å². The molecule has 1 heterocycles. The van der Waals surface area contributed by atoms with Crippen LogP contribution >= 0.6 is 0 Å². The van der Waals surface area contributed by atoms with Gasteiger partial charge in [-0.05, 0) is 61.3 Å². The van der Waals surface area contributed by atoms with Crippen molar-refractivity contribution in [3.8, 4) is 11.1 Å². The minimum Gasteiger partial charge on any atom is -0.371 e. The van der Waals surface area contributed by atoms with Gasteiger partial charge in [0.2, 0.25) is 0 Å². The fourth-order valence-electron chi connectivity index (χ4n) is 4.72. The van der Waals surface area contributed by atoms with Crippen LogP contribution in [0.3, 0.4) is 0 Å². The van der Waals surface area contributed by atoms with E-state index >= 15 is 0 Å². The van der Waals surface area contributed by atoms with E-state index in [-0.39, 0.29) is 0 Å². The lowest BCUT2D eigenvalue weighted by molar-refractivity contribution is 0.191. The maximum Gasteiger partial charge on any atom is 0.0402 e. The quantitative estimate of drug-likeness (QED) is 0.777. The molecule has 0 atom stereocenters. The average Bonchev–Trinajstić information content (AvgIpc) is 2.66. The van der Waals surface area contributed by atoms with E-state index in [2.05, 4.69) is 72.6 Å². The van der Waals surface area contributed by atoms with Crippen molar-refractivity contribution in [3.63, 3.8) is 0 Å². The van der Waals surface area contributed by atoms with Crippen molar-refractivity contribution in [1.82, 2.24) is 5.32 Å². The molecule has 1 aliphatic heterocycles. The van der Waals surface area contributed by atoms with Crippen LogP contribution in [0.25, 0.3) is 11.1 Å². The molecule has 1 aliphatic carbocycles. The largest absolute Gasteiger partial charge is 0.371 e. The van der Waals surface area contributed by atoms with Gasteiger partial charge in [0.25, 0.3) is 0 Å². The molecule has 0 spiro atoms. The molecule has 0 amide bonds. The zero-order valence-corrected chi connectivity index (χ0v) is 16.2. The molecule has 0 aromatic heterocycles. The Hall–Kier alpha value is -1.80. The molecule has 2 aliphatic rings. The highest BCUT2D eigenvalue weighted by Gasteiger charge is 2.30. The summed E-state index contributed by atoms with van der Waals surface area (Å²) < 4.78 is 0. The molecule has 2 aromatic rings. The summed E-state index contributed by atoms with van der Waals surface area (Å²) in [6.45, 7) is 6.94. The molecule has 0 unspecified atom stereocenters. The third-order valence-electron chi connectivity index (χ3n) is 6.51. The summed E-state index contributed by atoms with van der Waals surface area (Å²) in [5.74, 6) is 0.982. The van der Waals surface area contributed by atoms with Crippen LogP contribution in [-0.2, 0) is 0 Å². The first-order valence-electron chi connectivity index (χ1n) is 10.4. The van der Waals surface area contributed by atoms with E-state index in [1.807, 2.05) is 0 Å². The van der Waals surface area contributed by atoms with Gasteiger partial charge >= 0.3 is 0 Å². The summed E-state index contributed by atoms with van der Waals surface area (Å²) in [6, 6.07) is 19.0. The molecule has 138 valence electrons. The number of hydrogen-bond acceptors (Lipinski definition) is 2. The highest BCUT2D eigenvalue weighted by Crippen LogP contribution is 2.33. The smallest absolute Gasteiger partial charge is 0.0402 e. The standard InChI is InChI=1S/C24H32N2/c1-3-19-16-22(17-19)25-21-12-14-26(15-13-21)24-11-7-10-23(18(24)2)20-8-5-4-6-9-20/h4-11,19,21-22,25H,3,12-17H2,1-2H3. The molecular formula is C24H32N2. The lowest BCUT2D eigenvalue weighted by Gasteiger charge is -2.41. The maximum absolute atomic E-state index is 3.92. The van der Waals surface area contributed by atoms with E-state index in [1.165, 1.54) is 67.6 Å². The summed E-state index contributed by atoms with van der Waals surface area (Å²) in [7, 11) is 0. The molecule has 2 heteroatoms. The summed E-state index contributed by atoms with van der Waals surface area (Å²) in [5.41, 5.74) is 5.51. The molecule has 0 radical (unpaired) electrons. The number of piperidine rings is 1. The first kappa shape index (κ1) is 17.6. The SMILES string of the molecule is CCC1CC(NC2CCN(c3cccc(-c4ccccc4)c3C)CC2)C1. The molecule has 2 aromatic carbocycles. The van der Waals surface area contributed by atoms with Gasteiger partial charge in [-0.1, -0.05) is 55.8 Å². The van der Waals surface area contributed by atoms with Crippen LogP contribution in [0, 0.1) is 12.8 Å². The number of nitrogens with zero attached hydrogens (tertiary/aromatic N) is 1. The molecule has 2 nitrogen and oxygen atoms in total.